The van der Waals surface area contributed by atoms with Crippen molar-refractivity contribution in [1.29, 1.82) is 0 Å². The Hall–Kier alpha value is 0.200. The molecule has 0 saturated carbocycles. The van der Waals surface area contributed by atoms with E-state index < -0.39 is 0 Å². The van der Waals surface area contributed by atoms with Gasteiger partial charge >= 0.3 is 0 Å². The first-order valence-electron chi connectivity index (χ1n) is 5.86. The van der Waals surface area contributed by atoms with Gasteiger partial charge < -0.3 is 5.73 Å². The van der Waals surface area contributed by atoms with Crippen LogP contribution in [0.2, 0.25) is 0 Å². The summed E-state index contributed by atoms with van der Waals surface area (Å²) in [6.45, 7) is 1.15. The zero-order valence-corrected chi connectivity index (χ0v) is 12.2. The molecule has 17 heavy (non-hydrogen) atoms. The Morgan fingerprint density at radius 2 is 1.88 bits per heavy atom. The normalized spacial score (nSPS) is 31.7. The average Bonchev–Trinajstić information content (AvgIpc) is 2.77. The molecule has 2 N–H and O–H groups in total. The average molecular weight is 295 g/mol. The minimum atomic E-state index is 0. The maximum atomic E-state index is 6.07. The first-order valence-corrected chi connectivity index (χ1v) is 6.74. The molecule has 1 aromatic rings. The molecule has 0 radical (unpaired) electrons. The molecule has 0 aromatic carbocycles. The Bertz CT molecular complexity index is 317. The van der Waals surface area contributed by atoms with E-state index in [4.69, 9.17) is 5.73 Å². The van der Waals surface area contributed by atoms with Crippen LogP contribution in [0.3, 0.4) is 0 Å². The molecule has 5 heteroatoms. The molecular formula is C12H20Cl2N2S. The van der Waals surface area contributed by atoms with Gasteiger partial charge in [-0.25, -0.2) is 0 Å². The predicted octanol–water partition coefficient (Wildman–Crippen LogP) is 3.05. The number of fused-ring (bicyclic) bond motifs is 2. The fourth-order valence-corrected chi connectivity index (χ4v) is 3.87. The Morgan fingerprint density at radius 1 is 1.24 bits per heavy atom. The Labute approximate surface area is 119 Å². The highest BCUT2D eigenvalue weighted by atomic mass is 35.5. The summed E-state index contributed by atoms with van der Waals surface area (Å²) in [5.41, 5.74) is 6.07. The third kappa shape index (κ3) is 3.15. The molecular weight excluding hydrogens is 275 g/mol. The van der Waals surface area contributed by atoms with Gasteiger partial charge in [0, 0.05) is 29.5 Å². The van der Waals surface area contributed by atoms with E-state index in [1.807, 2.05) is 11.3 Å². The quantitative estimate of drug-likeness (QED) is 0.908. The Balaban J connectivity index is 0.000000722. The standard InChI is InChI=1S/C12H18N2S.2ClH/c13-9-6-10-3-4-11(7-9)14(10)8-12-2-1-5-15-12;;/h1-2,5,9-11H,3-4,6-8,13H2;2*1H. The lowest BCUT2D eigenvalue weighted by Crippen LogP contribution is -2.46. The Morgan fingerprint density at radius 3 is 2.41 bits per heavy atom. The summed E-state index contributed by atoms with van der Waals surface area (Å²) in [6, 6.07) is 6.39. The van der Waals surface area contributed by atoms with E-state index in [0.29, 0.717) is 6.04 Å². The molecule has 2 aliphatic heterocycles. The van der Waals surface area contributed by atoms with Crippen molar-refractivity contribution in [2.45, 2.75) is 50.4 Å². The van der Waals surface area contributed by atoms with Crippen molar-refractivity contribution in [3.63, 3.8) is 0 Å². The van der Waals surface area contributed by atoms with Gasteiger partial charge in [-0.1, -0.05) is 6.07 Å². The number of thiophene rings is 1. The lowest BCUT2D eigenvalue weighted by atomic mass is 9.98. The summed E-state index contributed by atoms with van der Waals surface area (Å²) in [6.07, 6.45) is 5.15. The highest BCUT2D eigenvalue weighted by molar-refractivity contribution is 7.09. The number of hydrogen-bond donors (Lipinski definition) is 1. The summed E-state index contributed by atoms with van der Waals surface area (Å²) in [4.78, 5) is 4.19. The van der Waals surface area contributed by atoms with E-state index in [0.717, 1.165) is 18.6 Å². The van der Waals surface area contributed by atoms with Gasteiger partial charge in [0.2, 0.25) is 0 Å². The van der Waals surface area contributed by atoms with Crippen LogP contribution in [-0.2, 0) is 6.54 Å². The maximum absolute atomic E-state index is 6.07. The van der Waals surface area contributed by atoms with Crippen LogP contribution in [-0.4, -0.2) is 23.0 Å². The first kappa shape index (κ1) is 15.3. The summed E-state index contributed by atoms with van der Waals surface area (Å²) in [5, 5.41) is 2.17. The molecule has 2 bridgehead atoms. The molecule has 1 aromatic heterocycles. The van der Waals surface area contributed by atoms with Crippen molar-refractivity contribution in [3.8, 4) is 0 Å². The van der Waals surface area contributed by atoms with Crippen molar-refractivity contribution in [2.24, 2.45) is 5.73 Å². The minimum absolute atomic E-state index is 0. The molecule has 2 atom stereocenters. The third-order valence-corrected chi connectivity index (χ3v) is 4.70. The number of hydrogen-bond acceptors (Lipinski definition) is 3. The van der Waals surface area contributed by atoms with Crippen LogP contribution in [0, 0.1) is 0 Å². The van der Waals surface area contributed by atoms with Gasteiger partial charge in [0.15, 0.2) is 0 Å². The summed E-state index contributed by atoms with van der Waals surface area (Å²) in [5.74, 6) is 0. The largest absolute Gasteiger partial charge is 0.328 e. The van der Waals surface area contributed by atoms with E-state index in [1.54, 1.807) is 0 Å². The van der Waals surface area contributed by atoms with E-state index in [1.165, 1.54) is 30.6 Å². The molecule has 2 saturated heterocycles. The zero-order chi connectivity index (χ0) is 10.3. The number of piperidine rings is 1. The molecule has 0 spiro atoms. The second-order valence-electron chi connectivity index (χ2n) is 4.87. The zero-order valence-electron chi connectivity index (χ0n) is 9.75. The monoisotopic (exact) mass is 294 g/mol. The van der Waals surface area contributed by atoms with Crippen molar-refractivity contribution < 1.29 is 0 Å². The van der Waals surface area contributed by atoms with Crippen LogP contribution in [0.4, 0.5) is 0 Å². The van der Waals surface area contributed by atoms with Gasteiger partial charge in [-0.3, -0.25) is 4.90 Å². The SMILES string of the molecule is Cl.Cl.NC1CC2CCC(C1)N2Cc1cccs1. The van der Waals surface area contributed by atoms with Crippen LogP contribution in [0.25, 0.3) is 0 Å². The van der Waals surface area contributed by atoms with Crippen LogP contribution in [0.15, 0.2) is 17.5 Å². The van der Waals surface area contributed by atoms with Crippen molar-refractivity contribution >= 4 is 36.2 Å². The van der Waals surface area contributed by atoms with Crippen LogP contribution >= 0.6 is 36.2 Å². The fraction of sp³-hybridized carbons (Fsp3) is 0.667. The van der Waals surface area contributed by atoms with Gasteiger partial charge in [0.25, 0.3) is 0 Å². The van der Waals surface area contributed by atoms with Gasteiger partial charge in [0.1, 0.15) is 0 Å². The van der Waals surface area contributed by atoms with E-state index in [-0.39, 0.29) is 24.8 Å². The second kappa shape index (κ2) is 6.39. The maximum Gasteiger partial charge on any atom is 0.0333 e. The Kier molecular flexibility index (Phi) is 5.74. The second-order valence-corrected chi connectivity index (χ2v) is 5.90. The van der Waals surface area contributed by atoms with Crippen molar-refractivity contribution in [2.75, 3.05) is 0 Å². The molecule has 2 unspecified atom stereocenters. The number of halogens is 2. The van der Waals surface area contributed by atoms with E-state index in [9.17, 15) is 0 Å². The van der Waals surface area contributed by atoms with Gasteiger partial charge in [0.05, 0.1) is 0 Å². The highest BCUT2D eigenvalue weighted by Crippen LogP contribution is 2.36. The third-order valence-electron chi connectivity index (χ3n) is 3.84. The highest BCUT2D eigenvalue weighted by Gasteiger charge is 2.39. The van der Waals surface area contributed by atoms with Crippen molar-refractivity contribution in [3.05, 3.63) is 22.4 Å². The molecule has 0 amide bonds. The summed E-state index contributed by atoms with van der Waals surface area (Å²) in [7, 11) is 0. The van der Waals surface area contributed by atoms with E-state index >= 15 is 0 Å². The number of nitrogens with two attached hydrogens (primary N) is 1. The fourth-order valence-electron chi connectivity index (χ4n) is 3.16. The number of nitrogens with zero attached hydrogens (tertiary/aromatic N) is 1. The summed E-state index contributed by atoms with van der Waals surface area (Å²) < 4.78 is 0. The molecule has 3 rings (SSSR count). The van der Waals surface area contributed by atoms with Gasteiger partial charge in [-0.15, -0.1) is 36.2 Å². The van der Waals surface area contributed by atoms with E-state index in [2.05, 4.69) is 22.4 Å². The van der Waals surface area contributed by atoms with Gasteiger partial charge in [-0.2, -0.15) is 0 Å². The molecule has 2 aliphatic rings. The lowest BCUT2D eigenvalue weighted by molar-refractivity contribution is 0.121. The lowest BCUT2D eigenvalue weighted by Gasteiger charge is -2.37. The topological polar surface area (TPSA) is 29.3 Å². The molecule has 0 aliphatic carbocycles. The molecule has 2 nitrogen and oxygen atoms in total. The van der Waals surface area contributed by atoms with Crippen LogP contribution < -0.4 is 5.73 Å². The predicted molar refractivity (Wildman–Crippen MR) is 78.4 cm³/mol. The van der Waals surface area contributed by atoms with Crippen LogP contribution in [0.5, 0.6) is 0 Å². The summed E-state index contributed by atoms with van der Waals surface area (Å²) >= 11 is 1.88. The first-order chi connectivity index (χ1) is 7.33. The van der Waals surface area contributed by atoms with Gasteiger partial charge in [-0.05, 0) is 37.1 Å². The molecule has 3 heterocycles. The van der Waals surface area contributed by atoms with Crippen LogP contribution in [0.1, 0.15) is 30.6 Å². The number of rotatable bonds is 2. The van der Waals surface area contributed by atoms with Crippen molar-refractivity contribution in [1.82, 2.24) is 4.90 Å². The molecule has 98 valence electrons. The smallest absolute Gasteiger partial charge is 0.0333 e. The molecule has 2 fully saturated rings. The minimum Gasteiger partial charge on any atom is -0.328 e.